The average Bonchev–Trinajstić information content (AvgIpc) is 2.33. The zero-order chi connectivity index (χ0) is 11.2. The Morgan fingerprint density at radius 2 is 2.44 bits per heavy atom. The predicted octanol–water partition coefficient (Wildman–Crippen LogP) is 1.05. The number of rotatable bonds is 4. The number of hydrogen-bond donors (Lipinski definition) is 1. The van der Waals surface area contributed by atoms with E-state index in [4.69, 9.17) is 0 Å². The first-order valence-electron chi connectivity index (χ1n) is 6.03. The summed E-state index contributed by atoms with van der Waals surface area (Å²) in [6.07, 6.45) is 7.41. The van der Waals surface area contributed by atoms with Crippen LogP contribution in [-0.2, 0) is 6.54 Å². The molecule has 0 radical (unpaired) electrons. The largest absolute Gasteiger partial charge is 0.318 e. The van der Waals surface area contributed by atoms with Crippen LogP contribution in [-0.4, -0.2) is 41.0 Å². The van der Waals surface area contributed by atoms with Crippen LogP contribution in [0.4, 0.5) is 0 Å². The summed E-state index contributed by atoms with van der Waals surface area (Å²) in [5.74, 6) is 0. The molecule has 0 bridgehead atoms. The van der Waals surface area contributed by atoms with Crippen LogP contribution in [0.1, 0.15) is 25.0 Å². The lowest BCUT2D eigenvalue weighted by Crippen LogP contribution is -2.44. The van der Waals surface area contributed by atoms with Crippen molar-refractivity contribution in [2.45, 2.75) is 31.8 Å². The van der Waals surface area contributed by atoms with E-state index >= 15 is 0 Å². The van der Waals surface area contributed by atoms with Gasteiger partial charge in [0.15, 0.2) is 0 Å². The van der Waals surface area contributed by atoms with E-state index in [0.29, 0.717) is 6.04 Å². The molecule has 1 aromatic heterocycles. The van der Waals surface area contributed by atoms with Crippen molar-refractivity contribution in [3.63, 3.8) is 0 Å². The summed E-state index contributed by atoms with van der Waals surface area (Å²) < 4.78 is 0. The average molecular weight is 220 g/mol. The Balaban J connectivity index is 1.96. The fourth-order valence-electron chi connectivity index (χ4n) is 2.35. The topological polar surface area (TPSA) is 41.0 Å². The van der Waals surface area contributed by atoms with Crippen LogP contribution in [0.5, 0.6) is 0 Å². The molecule has 1 aliphatic heterocycles. The van der Waals surface area contributed by atoms with Gasteiger partial charge in [-0.1, -0.05) is 6.42 Å². The molecule has 0 amide bonds. The first-order chi connectivity index (χ1) is 7.90. The summed E-state index contributed by atoms with van der Waals surface area (Å²) in [7, 11) is 2.03. The molecule has 88 valence electrons. The van der Waals surface area contributed by atoms with Crippen molar-refractivity contribution in [1.82, 2.24) is 20.2 Å². The van der Waals surface area contributed by atoms with Crippen LogP contribution >= 0.6 is 0 Å². The molecule has 4 nitrogen and oxygen atoms in total. The maximum absolute atomic E-state index is 4.29. The third kappa shape index (κ3) is 3.00. The summed E-state index contributed by atoms with van der Waals surface area (Å²) in [4.78, 5) is 10.8. The molecule has 1 aliphatic rings. The quantitative estimate of drug-likeness (QED) is 0.823. The number of aromatic nitrogens is 2. The van der Waals surface area contributed by atoms with Crippen molar-refractivity contribution in [2.24, 2.45) is 0 Å². The van der Waals surface area contributed by atoms with Gasteiger partial charge in [-0.3, -0.25) is 4.90 Å². The molecular weight excluding hydrogens is 200 g/mol. The second kappa shape index (κ2) is 5.92. The predicted molar refractivity (Wildman–Crippen MR) is 64.0 cm³/mol. The molecule has 1 N–H and O–H groups in total. The van der Waals surface area contributed by atoms with E-state index in [1.165, 1.54) is 25.8 Å². The SMILES string of the molecule is CNCC1CCCCN1Cc1ccncn1. The number of hydrogen-bond acceptors (Lipinski definition) is 4. The second-order valence-corrected chi connectivity index (χ2v) is 4.38. The number of piperidine rings is 1. The van der Waals surface area contributed by atoms with Crippen LogP contribution < -0.4 is 5.32 Å². The number of nitrogens with one attached hydrogen (secondary N) is 1. The van der Waals surface area contributed by atoms with Crippen LogP contribution in [0.2, 0.25) is 0 Å². The zero-order valence-electron chi connectivity index (χ0n) is 9.89. The molecule has 1 aromatic rings. The van der Waals surface area contributed by atoms with Crippen molar-refractivity contribution >= 4 is 0 Å². The van der Waals surface area contributed by atoms with Gasteiger partial charge < -0.3 is 5.32 Å². The molecule has 0 aliphatic carbocycles. The molecule has 2 heterocycles. The molecule has 1 fully saturated rings. The molecule has 0 aromatic carbocycles. The minimum absolute atomic E-state index is 0.661. The van der Waals surface area contributed by atoms with E-state index in [-0.39, 0.29) is 0 Å². The summed E-state index contributed by atoms with van der Waals surface area (Å²) in [5, 5.41) is 3.28. The van der Waals surface area contributed by atoms with Gasteiger partial charge in [-0.05, 0) is 32.5 Å². The van der Waals surface area contributed by atoms with Crippen molar-refractivity contribution in [3.05, 3.63) is 24.3 Å². The summed E-state index contributed by atoms with van der Waals surface area (Å²) in [6.45, 7) is 3.22. The molecular formula is C12H20N4. The Morgan fingerprint density at radius 1 is 1.50 bits per heavy atom. The summed E-state index contributed by atoms with van der Waals surface area (Å²) in [6, 6.07) is 2.67. The highest BCUT2D eigenvalue weighted by Crippen LogP contribution is 2.18. The first kappa shape index (κ1) is 11.5. The molecule has 4 heteroatoms. The van der Waals surface area contributed by atoms with E-state index in [2.05, 4.69) is 20.2 Å². The van der Waals surface area contributed by atoms with Gasteiger partial charge in [0.1, 0.15) is 6.33 Å². The van der Waals surface area contributed by atoms with E-state index in [0.717, 1.165) is 18.8 Å². The van der Waals surface area contributed by atoms with Gasteiger partial charge >= 0.3 is 0 Å². The number of likely N-dealkylation sites (tertiary alicyclic amines) is 1. The summed E-state index contributed by atoms with van der Waals surface area (Å²) >= 11 is 0. The molecule has 1 saturated heterocycles. The molecule has 1 unspecified atom stereocenters. The molecule has 0 saturated carbocycles. The monoisotopic (exact) mass is 220 g/mol. The Hall–Kier alpha value is -1.00. The number of likely N-dealkylation sites (N-methyl/N-ethyl adjacent to an activating group) is 1. The Kier molecular flexibility index (Phi) is 4.25. The van der Waals surface area contributed by atoms with Crippen molar-refractivity contribution in [2.75, 3.05) is 20.1 Å². The maximum Gasteiger partial charge on any atom is 0.115 e. The molecule has 16 heavy (non-hydrogen) atoms. The highest BCUT2D eigenvalue weighted by molar-refractivity contribution is 4.98. The lowest BCUT2D eigenvalue weighted by Gasteiger charge is -2.35. The zero-order valence-corrected chi connectivity index (χ0v) is 9.89. The Morgan fingerprint density at radius 3 is 3.19 bits per heavy atom. The van der Waals surface area contributed by atoms with E-state index < -0.39 is 0 Å². The van der Waals surface area contributed by atoms with Gasteiger partial charge in [0, 0.05) is 25.3 Å². The van der Waals surface area contributed by atoms with E-state index in [9.17, 15) is 0 Å². The van der Waals surface area contributed by atoms with Crippen molar-refractivity contribution in [1.29, 1.82) is 0 Å². The van der Waals surface area contributed by atoms with Crippen molar-refractivity contribution in [3.8, 4) is 0 Å². The van der Waals surface area contributed by atoms with Gasteiger partial charge in [0.05, 0.1) is 5.69 Å². The third-order valence-electron chi connectivity index (χ3n) is 3.20. The normalized spacial score (nSPS) is 22.2. The van der Waals surface area contributed by atoms with Crippen molar-refractivity contribution < 1.29 is 0 Å². The van der Waals surface area contributed by atoms with Crippen LogP contribution in [0, 0.1) is 0 Å². The number of nitrogens with zero attached hydrogens (tertiary/aromatic N) is 3. The molecule has 0 spiro atoms. The van der Waals surface area contributed by atoms with Gasteiger partial charge in [-0.15, -0.1) is 0 Å². The Labute approximate surface area is 97.1 Å². The highest BCUT2D eigenvalue weighted by Gasteiger charge is 2.21. The smallest absolute Gasteiger partial charge is 0.115 e. The maximum atomic E-state index is 4.29. The standard InChI is InChI=1S/C12H20N4/c1-13-8-12-4-2-3-7-16(12)9-11-5-6-14-10-15-11/h5-6,10,12-13H,2-4,7-9H2,1H3. The van der Waals surface area contributed by atoms with Gasteiger partial charge in [0.2, 0.25) is 0 Å². The highest BCUT2D eigenvalue weighted by atomic mass is 15.2. The molecule has 2 rings (SSSR count). The van der Waals surface area contributed by atoms with E-state index in [1.807, 2.05) is 19.3 Å². The van der Waals surface area contributed by atoms with Gasteiger partial charge in [0.25, 0.3) is 0 Å². The van der Waals surface area contributed by atoms with Crippen LogP contribution in [0.15, 0.2) is 18.6 Å². The van der Waals surface area contributed by atoms with Gasteiger partial charge in [-0.25, -0.2) is 9.97 Å². The third-order valence-corrected chi connectivity index (χ3v) is 3.20. The lowest BCUT2D eigenvalue weighted by molar-refractivity contribution is 0.137. The minimum Gasteiger partial charge on any atom is -0.318 e. The van der Waals surface area contributed by atoms with Crippen LogP contribution in [0.25, 0.3) is 0 Å². The van der Waals surface area contributed by atoms with Crippen LogP contribution in [0.3, 0.4) is 0 Å². The second-order valence-electron chi connectivity index (χ2n) is 4.38. The lowest BCUT2D eigenvalue weighted by atomic mass is 10.0. The first-order valence-corrected chi connectivity index (χ1v) is 6.03. The Bertz CT molecular complexity index is 299. The molecule has 1 atom stereocenters. The van der Waals surface area contributed by atoms with E-state index in [1.54, 1.807) is 6.33 Å². The minimum atomic E-state index is 0.661. The fraction of sp³-hybridized carbons (Fsp3) is 0.667. The fourth-order valence-corrected chi connectivity index (χ4v) is 2.35. The van der Waals surface area contributed by atoms with Gasteiger partial charge in [-0.2, -0.15) is 0 Å². The summed E-state index contributed by atoms with van der Waals surface area (Å²) in [5.41, 5.74) is 1.12.